The minimum atomic E-state index is -0.379. The van der Waals surface area contributed by atoms with Gasteiger partial charge in [0.15, 0.2) is 0 Å². The van der Waals surface area contributed by atoms with E-state index in [1.807, 2.05) is 49.3 Å². The molecular weight excluding hydrogens is 430 g/mol. The Labute approximate surface area is 192 Å². The number of nitrogens with zero attached hydrogens (tertiary/aromatic N) is 4. The van der Waals surface area contributed by atoms with Gasteiger partial charge in [0.1, 0.15) is 0 Å². The second-order valence-corrected chi connectivity index (χ2v) is 9.10. The van der Waals surface area contributed by atoms with Crippen LogP contribution in [0, 0.1) is 16.0 Å². The van der Waals surface area contributed by atoms with Crippen molar-refractivity contribution in [1.82, 2.24) is 10.2 Å². The Bertz CT molecular complexity index is 1010. The molecule has 9 heteroatoms. The molecule has 2 aromatic carbocycles. The second-order valence-electron chi connectivity index (χ2n) is 8.66. The highest BCUT2D eigenvalue weighted by molar-refractivity contribution is 6.30. The van der Waals surface area contributed by atoms with E-state index in [-0.39, 0.29) is 28.5 Å². The largest absolute Gasteiger partial charge is 0.368 e. The number of carbonyl (C=O) groups is 1. The zero-order valence-electron chi connectivity index (χ0n) is 18.3. The van der Waals surface area contributed by atoms with E-state index in [1.54, 1.807) is 12.1 Å². The lowest BCUT2D eigenvalue weighted by Crippen LogP contribution is -2.61. The van der Waals surface area contributed by atoms with Crippen LogP contribution in [-0.2, 0) is 11.2 Å². The summed E-state index contributed by atoms with van der Waals surface area (Å²) in [6.07, 6.45) is 0.482. The molecule has 2 unspecified atom stereocenters. The second kappa shape index (κ2) is 9.34. The molecule has 2 heterocycles. The fraction of sp³-hybridized carbons (Fsp3) is 0.435. The number of nitro groups is 1. The summed E-state index contributed by atoms with van der Waals surface area (Å²) in [5.41, 5.74) is 2.95. The van der Waals surface area contributed by atoms with E-state index in [1.165, 1.54) is 0 Å². The molecule has 2 atom stereocenters. The van der Waals surface area contributed by atoms with Crippen molar-refractivity contribution in [2.75, 3.05) is 56.6 Å². The smallest absolute Gasteiger partial charge is 0.269 e. The lowest BCUT2D eigenvalue weighted by molar-refractivity contribution is -0.384. The zero-order chi connectivity index (χ0) is 22.8. The monoisotopic (exact) mass is 457 g/mol. The van der Waals surface area contributed by atoms with Gasteiger partial charge in [-0.15, -0.1) is 0 Å². The first kappa shape index (κ1) is 22.4. The van der Waals surface area contributed by atoms with Gasteiger partial charge < -0.3 is 20.0 Å². The number of likely N-dealkylation sites (N-methyl/N-ethyl adjacent to an activating group) is 1. The van der Waals surface area contributed by atoms with Gasteiger partial charge in [0.05, 0.1) is 16.9 Å². The highest BCUT2D eigenvalue weighted by Crippen LogP contribution is 2.38. The fourth-order valence-corrected chi connectivity index (χ4v) is 4.85. The Morgan fingerprint density at radius 1 is 1.25 bits per heavy atom. The molecular formula is C23H28ClN5O3. The number of nitro benzene ring substituents is 1. The summed E-state index contributed by atoms with van der Waals surface area (Å²) >= 11 is 6.21. The van der Waals surface area contributed by atoms with E-state index in [0.29, 0.717) is 24.5 Å². The minimum Gasteiger partial charge on any atom is -0.368 e. The number of benzene rings is 2. The lowest BCUT2D eigenvalue weighted by Gasteiger charge is -2.49. The van der Waals surface area contributed by atoms with Crippen LogP contribution in [-0.4, -0.2) is 68.6 Å². The van der Waals surface area contributed by atoms with Crippen LogP contribution >= 0.6 is 11.6 Å². The quantitative estimate of drug-likeness (QED) is 0.530. The molecule has 32 heavy (non-hydrogen) atoms. The highest BCUT2D eigenvalue weighted by atomic mass is 35.5. The molecule has 2 aliphatic rings. The van der Waals surface area contributed by atoms with Crippen LogP contribution in [0.25, 0.3) is 0 Å². The van der Waals surface area contributed by atoms with Crippen molar-refractivity contribution in [2.45, 2.75) is 12.5 Å². The van der Waals surface area contributed by atoms with E-state index in [4.69, 9.17) is 11.6 Å². The van der Waals surface area contributed by atoms with E-state index >= 15 is 0 Å². The maximum absolute atomic E-state index is 13.2. The summed E-state index contributed by atoms with van der Waals surface area (Å²) in [4.78, 5) is 30.7. The van der Waals surface area contributed by atoms with Gasteiger partial charge in [0.25, 0.3) is 5.69 Å². The molecule has 170 valence electrons. The van der Waals surface area contributed by atoms with Crippen molar-refractivity contribution in [3.63, 3.8) is 0 Å². The van der Waals surface area contributed by atoms with Crippen molar-refractivity contribution in [2.24, 2.45) is 5.92 Å². The maximum atomic E-state index is 13.2. The van der Waals surface area contributed by atoms with E-state index in [9.17, 15) is 14.9 Å². The number of fused-ring (bicyclic) bond motifs is 3. The van der Waals surface area contributed by atoms with Gasteiger partial charge in [-0.2, -0.15) is 0 Å². The molecule has 0 saturated carbocycles. The molecule has 1 fully saturated rings. The molecule has 1 amide bonds. The zero-order valence-corrected chi connectivity index (χ0v) is 19.1. The Balaban J connectivity index is 1.63. The SMILES string of the molecule is CN(C)CCNC(=O)C1Cc2cc([N+](=O)[O-])ccc2N2CCN(c3cccc(Cl)c3)CC12. The fourth-order valence-electron chi connectivity index (χ4n) is 4.66. The highest BCUT2D eigenvalue weighted by Gasteiger charge is 2.42. The van der Waals surface area contributed by atoms with E-state index in [0.717, 1.165) is 36.6 Å². The number of halogens is 1. The van der Waals surface area contributed by atoms with E-state index in [2.05, 4.69) is 15.1 Å². The first-order valence-corrected chi connectivity index (χ1v) is 11.2. The summed E-state index contributed by atoms with van der Waals surface area (Å²) in [6, 6.07) is 12.7. The van der Waals surface area contributed by atoms with Gasteiger partial charge >= 0.3 is 0 Å². The Hall–Kier alpha value is -2.84. The first-order valence-electron chi connectivity index (χ1n) is 10.8. The van der Waals surface area contributed by atoms with Crippen LogP contribution in [0.15, 0.2) is 42.5 Å². The van der Waals surface area contributed by atoms with Gasteiger partial charge in [-0.1, -0.05) is 17.7 Å². The number of anilines is 2. The van der Waals surface area contributed by atoms with Crippen LogP contribution in [0.1, 0.15) is 5.56 Å². The molecule has 2 aliphatic heterocycles. The summed E-state index contributed by atoms with van der Waals surface area (Å²) in [5, 5.41) is 15.1. The Morgan fingerprint density at radius 3 is 2.78 bits per heavy atom. The number of amides is 1. The van der Waals surface area contributed by atoms with Crippen LogP contribution in [0.5, 0.6) is 0 Å². The third-order valence-electron chi connectivity index (χ3n) is 6.27. The third kappa shape index (κ3) is 4.66. The molecule has 0 spiro atoms. The van der Waals surface area contributed by atoms with E-state index < -0.39 is 0 Å². The normalized spacial score (nSPS) is 20.0. The number of carbonyl (C=O) groups excluding carboxylic acids is 1. The topological polar surface area (TPSA) is 82.0 Å². The molecule has 0 radical (unpaired) electrons. The average molecular weight is 458 g/mol. The minimum absolute atomic E-state index is 0.00745. The molecule has 4 rings (SSSR count). The number of hydrogen-bond acceptors (Lipinski definition) is 6. The predicted molar refractivity (Wildman–Crippen MR) is 127 cm³/mol. The van der Waals surface area contributed by atoms with Crippen LogP contribution < -0.4 is 15.1 Å². The number of non-ortho nitro benzene ring substituents is 1. The van der Waals surface area contributed by atoms with Crippen molar-refractivity contribution in [3.05, 3.63) is 63.2 Å². The molecule has 1 saturated heterocycles. The van der Waals surface area contributed by atoms with Crippen molar-refractivity contribution in [1.29, 1.82) is 0 Å². The average Bonchev–Trinajstić information content (AvgIpc) is 2.77. The van der Waals surface area contributed by atoms with Crippen LogP contribution in [0.2, 0.25) is 5.02 Å². The van der Waals surface area contributed by atoms with Gasteiger partial charge in [0, 0.05) is 61.3 Å². The summed E-state index contributed by atoms with van der Waals surface area (Å²) in [7, 11) is 3.93. The predicted octanol–water partition coefficient (Wildman–Crippen LogP) is 2.79. The van der Waals surface area contributed by atoms with Crippen LogP contribution in [0.3, 0.4) is 0 Å². The number of nitrogens with one attached hydrogen (secondary N) is 1. The molecule has 8 nitrogen and oxygen atoms in total. The van der Waals surface area contributed by atoms with Crippen molar-refractivity contribution < 1.29 is 9.72 Å². The maximum Gasteiger partial charge on any atom is 0.269 e. The van der Waals surface area contributed by atoms with Gasteiger partial charge in [0.2, 0.25) is 5.91 Å². The standard InChI is InChI=1S/C23H28ClN5O3/c1-26(2)9-8-25-23(30)20-13-16-12-19(29(31)32)6-7-21(16)28-11-10-27(15-22(20)28)18-5-3-4-17(24)14-18/h3-7,12,14,20,22H,8-11,13,15H2,1-2H3,(H,25,30). The molecule has 0 bridgehead atoms. The molecule has 1 N–H and O–H groups in total. The summed E-state index contributed by atoms with van der Waals surface area (Å²) < 4.78 is 0. The van der Waals surface area contributed by atoms with Crippen molar-refractivity contribution in [3.8, 4) is 0 Å². The van der Waals surface area contributed by atoms with Crippen LogP contribution in [0.4, 0.5) is 17.1 Å². The third-order valence-corrected chi connectivity index (χ3v) is 6.51. The first-order chi connectivity index (χ1) is 15.3. The summed E-state index contributed by atoms with van der Waals surface area (Å²) in [6.45, 7) is 3.51. The number of piperazine rings is 1. The number of hydrogen-bond donors (Lipinski definition) is 1. The van der Waals surface area contributed by atoms with Gasteiger partial charge in [-0.05, 0) is 50.3 Å². The Morgan fingerprint density at radius 2 is 2.06 bits per heavy atom. The van der Waals surface area contributed by atoms with Crippen molar-refractivity contribution >= 4 is 34.6 Å². The Kier molecular flexibility index (Phi) is 6.53. The molecule has 2 aromatic rings. The number of rotatable bonds is 6. The summed E-state index contributed by atoms with van der Waals surface area (Å²) in [5.74, 6) is -0.305. The lowest BCUT2D eigenvalue weighted by atomic mass is 9.83. The van der Waals surface area contributed by atoms with Gasteiger partial charge in [-0.25, -0.2) is 0 Å². The molecule has 0 aliphatic carbocycles. The van der Waals surface area contributed by atoms with Gasteiger partial charge in [-0.3, -0.25) is 14.9 Å². The molecule has 0 aromatic heterocycles.